The monoisotopic (exact) mass is 145 g/mol. The molecule has 56 valence electrons. The quantitative estimate of drug-likeness (QED) is 0.523. The van der Waals surface area contributed by atoms with Gasteiger partial charge in [0.2, 0.25) is 0 Å². The summed E-state index contributed by atoms with van der Waals surface area (Å²) in [6, 6.07) is 4.11. The van der Waals surface area contributed by atoms with Crippen LogP contribution in [-0.4, -0.2) is 4.98 Å². The van der Waals surface area contributed by atoms with Gasteiger partial charge in [-0.15, -0.1) is 0 Å². The van der Waals surface area contributed by atoms with Gasteiger partial charge < -0.3 is 0 Å². The SMILES string of the molecule is CC1C=c2cccnc2=CC1. The van der Waals surface area contributed by atoms with Crippen molar-refractivity contribution in [1.82, 2.24) is 4.98 Å². The molecule has 0 fully saturated rings. The van der Waals surface area contributed by atoms with Gasteiger partial charge in [0.25, 0.3) is 0 Å². The number of fused-ring (bicyclic) bond motifs is 1. The maximum Gasteiger partial charge on any atom is 0.0659 e. The summed E-state index contributed by atoms with van der Waals surface area (Å²) in [6.45, 7) is 2.23. The van der Waals surface area contributed by atoms with Crippen LogP contribution in [0.2, 0.25) is 0 Å². The molecule has 0 bridgehead atoms. The highest BCUT2D eigenvalue weighted by molar-refractivity contribution is 5.37. The Hall–Kier alpha value is -1.11. The lowest BCUT2D eigenvalue weighted by molar-refractivity contribution is 0.796. The van der Waals surface area contributed by atoms with E-state index in [1.807, 2.05) is 12.3 Å². The van der Waals surface area contributed by atoms with E-state index >= 15 is 0 Å². The van der Waals surface area contributed by atoms with Gasteiger partial charge in [-0.25, -0.2) is 0 Å². The van der Waals surface area contributed by atoms with Crippen molar-refractivity contribution >= 4 is 12.2 Å². The zero-order chi connectivity index (χ0) is 7.68. The third kappa shape index (κ3) is 1.18. The Bertz CT molecular complexity index is 365. The molecule has 2 rings (SSSR count). The molecule has 0 amide bonds. The van der Waals surface area contributed by atoms with Gasteiger partial charge in [-0.1, -0.05) is 25.1 Å². The highest BCUT2D eigenvalue weighted by atomic mass is 14.6. The topological polar surface area (TPSA) is 12.9 Å². The summed E-state index contributed by atoms with van der Waals surface area (Å²) < 4.78 is 0. The highest BCUT2D eigenvalue weighted by Crippen LogP contribution is 2.04. The lowest BCUT2D eigenvalue weighted by Crippen LogP contribution is -2.30. The maximum atomic E-state index is 4.27. The molecule has 1 unspecified atom stereocenters. The molecule has 0 aromatic carbocycles. The summed E-state index contributed by atoms with van der Waals surface area (Å²) in [7, 11) is 0. The average Bonchev–Trinajstić information content (AvgIpc) is 2.04. The Morgan fingerprint density at radius 2 is 2.45 bits per heavy atom. The molecule has 0 saturated heterocycles. The van der Waals surface area contributed by atoms with Crippen LogP contribution < -0.4 is 10.6 Å². The molecule has 1 heterocycles. The zero-order valence-corrected chi connectivity index (χ0v) is 6.62. The molecule has 1 aliphatic rings. The Morgan fingerprint density at radius 1 is 1.55 bits per heavy atom. The molecule has 0 radical (unpaired) electrons. The van der Waals surface area contributed by atoms with Gasteiger partial charge in [0.05, 0.1) is 5.35 Å². The van der Waals surface area contributed by atoms with Crippen molar-refractivity contribution in [3.05, 3.63) is 28.9 Å². The summed E-state index contributed by atoms with van der Waals surface area (Å²) in [5.74, 6) is 0.673. The predicted octanol–water partition coefficient (Wildman–Crippen LogP) is 0.682. The zero-order valence-electron chi connectivity index (χ0n) is 6.62. The third-order valence-electron chi connectivity index (χ3n) is 2.02. The molecule has 0 spiro atoms. The molecule has 1 aliphatic carbocycles. The first kappa shape index (κ1) is 6.59. The van der Waals surface area contributed by atoms with Gasteiger partial charge in [0.15, 0.2) is 0 Å². The van der Waals surface area contributed by atoms with E-state index in [0.717, 1.165) is 11.8 Å². The summed E-state index contributed by atoms with van der Waals surface area (Å²) >= 11 is 0. The second kappa shape index (κ2) is 2.50. The van der Waals surface area contributed by atoms with Crippen LogP contribution in [0.3, 0.4) is 0 Å². The van der Waals surface area contributed by atoms with E-state index in [1.165, 1.54) is 5.22 Å². The number of pyridine rings is 1. The van der Waals surface area contributed by atoms with Gasteiger partial charge in [-0.2, -0.15) is 0 Å². The van der Waals surface area contributed by atoms with Crippen molar-refractivity contribution < 1.29 is 0 Å². The van der Waals surface area contributed by atoms with E-state index < -0.39 is 0 Å². The van der Waals surface area contributed by atoms with Gasteiger partial charge in [0.1, 0.15) is 0 Å². The van der Waals surface area contributed by atoms with Crippen LogP contribution >= 0.6 is 0 Å². The highest BCUT2D eigenvalue weighted by Gasteiger charge is 1.99. The fourth-order valence-corrected chi connectivity index (χ4v) is 1.41. The van der Waals surface area contributed by atoms with E-state index in [1.54, 1.807) is 0 Å². The molecular formula is C10H11N. The van der Waals surface area contributed by atoms with Gasteiger partial charge in [-0.3, -0.25) is 4.98 Å². The molecule has 0 N–H and O–H groups in total. The minimum Gasteiger partial charge on any atom is -0.257 e. The Labute approximate surface area is 66.1 Å². The van der Waals surface area contributed by atoms with Gasteiger partial charge in [-0.05, 0) is 23.6 Å². The molecule has 0 aliphatic heterocycles. The van der Waals surface area contributed by atoms with Gasteiger partial charge in [0, 0.05) is 6.20 Å². The Kier molecular flexibility index (Phi) is 1.50. The first-order valence-corrected chi connectivity index (χ1v) is 3.99. The molecule has 1 aromatic heterocycles. The number of hydrogen-bond acceptors (Lipinski definition) is 1. The first-order valence-electron chi connectivity index (χ1n) is 3.99. The largest absolute Gasteiger partial charge is 0.257 e. The van der Waals surface area contributed by atoms with E-state index in [2.05, 4.69) is 30.1 Å². The normalized spacial score (nSPS) is 21.4. The summed E-state index contributed by atoms with van der Waals surface area (Å²) in [6.07, 6.45) is 7.46. The maximum absolute atomic E-state index is 4.27. The first-order chi connectivity index (χ1) is 5.36. The van der Waals surface area contributed by atoms with Crippen molar-refractivity contribution in [2.75, 3.05) is 0 Å². The molecule has 1 aromatic rings. The lowest BCUT2D eigenvalue weighted by atomic mass is 10.0. The van der Waals surface area contributed by atoms with Crippen LogP contribution in [0, 0.1) is 5.92 Å². The van der Waals surface area contributed by atoms with Crippen LogP contribution in [0.4, 0.5) is 0 Å². The molecule has 0 saturated carbocycles. The van der Waals surface area contributed by atoms with Crippen molar-refractivity contribution in [1.29, 1.82) is 0 Å². The molecule has 1 atom stereocenters. The van der Waals surface area contributed by atoms with Crippen LogP contribution in [0.5, 0.6) is 0 Å². The molecule has 11 heavy (non-hydrogen) atoms. The average molecular weight is 145 g/mol. The Balaban J connectivity index is 2.73. The van der Waals surface area contributed by atoms with Crippen LogP contribution in [0.15, 0.2) is 18.3 Å². The Morgan fingerprint density at radius 3 is 3.36 bits per heavy atom. The van der Waals surface area contributed by atoms with E-state index in [9.17, 15) is 0 Å². The second-order valence-corrected chi connectivity index (χ2v) is 3.06. The van der Waals surface area contributed by atoms with Gasteiger partial charge >= 0.3 is 0 Å². The molecule has 1 nitrogen and oxygen atoms in total. The molecular weight excluding hydrogens is 134 g/mol. The third-order valence-corrected chi connectivity index (χ3v) is 2.02. The number of aromatic nitrogens is 1. The molecule has 1 heteroatoms. The smallest absolute Gasteiger partial charge is 0.0659 e. The fourth-order valence-electron chi connectivity index (χ4n) is 1.41. The fraction of sp³-hybridized carbons (Fsp3) is 0.300. The van der Waals surface area contributed by atoms with Crippen molar-refractivity contribution in [3.63, 3.8) is 0 Å². The van der Waals surface area contributed by atoms with Crippen molar-refractivity contribution in [2.24, 2.45) is 5.92 Å². The number of hydrogen-bond donors (Lipinski definition) is 0. The standard InChI is InChI=1S/C10H11N/c1-8-4-5-10-9(7-8)3-2-6-11-10/h2-3,5-8H,4H2,1H3. The number of rotatable bonds is 0. The van der Waals surface area contributed by atoms with E-state index in [4.69, 9.17) is 0 Å². The van der Waals surface area contributed by atoms with Crippen molar-refractivity contribution in [2.45, 2.75) is 13.3 Å². The second-order valence-electron chi connectivity index (χ2n) is 3.06. The van der Waals surface area contributed by atoms with Crippen LogP contribution in [-0.2, 0) is 0 Å². The van der Waals surface area contributed by atoms with Crippen molar-refractivity contribution in [3.8, 4) is 0 Å². The van der Waals surface area contributed by atoms with E-state index in [-0.39, 0.29) is 0 Å². The summed E-state index contributed by atoms with van der Waals surface area (Å²) in [4.78, 5) is 4.27. The van der Waals surface area contributed by atoms with E-state index in [0.29, 0.717) is 5.92 Å². The minimum atomic E-state index is 0.673. The van der Waals surface area contributed by atoms with Crippen LogP contribution in [0.1, 0.15) is 13.3 Å². The summed E-state index contributed by atoms with van der Waals surface area (Å²) in [5, 5.41) is 2.43. The van der Waals surface area contributed by atoms with Crippen LogP contribution in [0.25, 0.3) is 12.2 Å². The summed E-state index contributed by atoms with van der Waals surface area (Å²) in [5.41, 5.74) is 0. The predicted molar refractivity (Wildman–Crippen MR) is 46.2 cm³/mol. The minimum absolute atomic E-state index is 0.673. The number of nitrogens with zero attached hydrogens (tertiary/aromatic N) is 1. The lowest BCUT2D eigenvalue weighted by Gasteiger charge is -2.05.